The smallest absolute Gasteiger partial charge is 0.222 e. The first-order chi connectivity index (χ1) is 8.00. The second-order valence-corrected chi connectivity index (χ2v) is 5.44. The lowest BCUT2D eigenvalue weighted by molar-refractivity contribution is -0.128. The molecular weight excluding hydrogens is 327 g/mol. The maximum Gasteiger partial charge on any atom is 0.222 e. The van der Waals surface area contributed by atoms with Crippen molar-refractivity contribution in [1.82, 2.24) is 4.90 Å². The van der Waals surface area contributed by atoms with Gasteiger partial charge in [-0.3, -0.25) is 4.79 Å². The molecule has 17 heavy (non-hydrogen) atoms. The van der Waals surface area contributed by atoms with Gasteiger partial charge in [-0.1, -0.05) is 6.07 Å². The van der Waals surface area contributed by atoms with Crippen molar-refractivity contribution in [3.63, 3.8) is 0 Å². The minimum absolute atomic E-state index is 0.185. The molecule has 1 amide bonds. The molecule has 0 aliphatic heterocycles. The van der Waals surface area contributed by atoms with Gasteiger partial charge in [0.05, 0.1) is 0 Å². The van der Waals surface area contributed by atoms with Gasteiger partial charge in [0.15, 0.2) is 0 Å². The van der Waals surface area contributed by atoms with Crippen molar-refractivity contribution in [2.75, 3.05) is 26.0 Å². The zero-order valence-corrected chi connectivity index (χ0v) is 12.7. The highest BCUT2D eigenvalue weighted by molar-refractivity contribution is 14.1. The standard InChI is InChI=1S/C13H19IN2O/c1-10-6-7-11(9-12(10)14)15-8-4-5-13(17)16(2)3/h6-7,9,15H,4-5,8H2,1-3H3. The van der Waals surface area contributed by atoms with E-state index in [1.54, 1.807) is 19.0 Å². The molecule has 0 aliphatic carbocycles. The van der Waals surface area contributed by atoms with E-state index in [2.05, 4.69) is 53.0 Å². The van der Waals surface area contributed by atoms with Gasteiger partial charge < -0.3 is 10.2 Å². The molecule has 0 radical (unpaired) electrons. The van der Waals surface area contributed by atoms with Crippen LogP contribution in [-0.4, -0.2) is 31.4 Å². The Morgan fingerprint density at radius 1 is 1.41 bits per heavy atom. The third-order valence-corrected chi connectivity index (χ3v) is 3.73. The molecule has 0 fully saturated rings. The van der Waals surface area contributed by atoms with E-state index in [1.165, 1.54) is 9.13 Å². The van der Waals surface area contributed by atoms with E-state index in [9.17, 15) is 4.79 Å². The zero-order valence-electron chi connectivity index (χ0n) is 10.6. The summed E-state index contributed by atoms with van der Waals surface area (Å²) in [5.41, 5.74) is 2.41. The van der Waals surface area contributed by atoms with Crippen LogP contribution in [0.15, 0.2) is 18.2 Å². The Kier molecular flexibility index (Phi) is 5.74. The lowest BCUT2D eigenvalue weighted by Gasteiger charge is -2.11. The third-order valence-electron chi connectivity index (χ3n) is 2.57. The molecule has 0 heterocycles. The van der Waals surface area contributed by atoms with Crippen LogP contribution < -0.4 is 5.32 Å². The zero-order chi connectivity index (χ0) is 12.8. The maximum absolute atomic E-state index is 11.3. The molecule has 1 aromatic carbocycles. The van der Waals surface area contributed by atoms with Crippen LogP contribution in [0.25, 0.3) is 0 Å². The van der Waals surface area contributed by atoms with Crippen molar-refractivity contribution in [2.24, 2.45) is 0 Å². The van der Waals surface area contributed by atoms with Crippen molar-refractivity contribution in [3.8, 4) is 0 Å². The predicted octanol–water partition coefficient (Wildman–Crippen LogP) is 2.88. The number of carbonyl (C=O) groups excluding carboxylic acids is 1. The van der Waals surface area contributed by atoms with E-state index in [4.69, 9.17) is 0 Å². The van der Waals surface area contributed by atoms with Crippen LogP contribution in [0.2, 0.25) is 0 Å². The number of benzene rings is 1. The fraction of sp³-hybridized carbons (Fsp3) is 0.462. The van der Waals surface area contributed by atoms with E-state index in [0.29, 0.717) is 6.42 Å². The topological polar surface area (TPSA) is 32.3 Å². The molecule has 1 rings (SSSR count). The minimum atomic E-state index is 0.185. The van der Waals surface area contributed by atoms with Crippen molar-refractivity contribution >= 4 is 34.2 Å². The summed E-state index contributed by atoms with van der Waals surface area (Å²) in [6.07, 6.45) is 1.46. The first-order valence-corrected chi connectivity index (χ1v) is 6.79. The number of carbonyl (C=O) groups is 1. The summed E-state index contributed by atoms with van der Waals surface area (Å²) in [5.74, 6) is 0.185. The van der Waals surface area contributed by atoms with Gasteiger partial charge in [0.1, 0.15) is 0 Å². The highest BCUT2D eigenvalue weighted by Gasteiger charge is 2.03. The number of amides is 1. The Labute approximate surface area is 117 Å². The fourth-order valence-corrected chi connectivity index (χ4v) is 1.91. The van der Waals surface area contributed by atoms with Gasteiger partial charge in [0.25, 0.3) is 0 Å². The first-order valence-electron chi connectivity index (χ1n) is 5.71. The van der Waals surface area contributed by atoms with Crippen LogP contribution >= 0.6 is 22.6 Å². The van der Waals surface area contributed by atoms with Gasteiger partial charge in [0, 0.05) is 36.3 Å². The number of rotatable bonds is 5. The van der Waals surface area contributed by atoms with Crippen LogP contribution in [-0.2, 0) is 4.79 Å². The average Bonchev–Trinajstić information content (AvgIpc) is 2.28. The van der Waals surface area contributed by atoms with Crippen LogP contribution in [0.5, 0.6) is 0 Å². The molecule has 0 spiro atoms. The van der Waals surface area contributed by atoms with E-state index in [0.717, 1.165) is 18.7 Å². The molecular formula is C13H19IN2O. The highest BCUT2D eigenvalue weighted by Crippen LogP contribution is 2.16. The number of hydrogen-bond acceptors (Lipinski definition) is 2. The molecule has 0 saturated heterocycles. The van der Waals surface area contributed by atoms with Crippen molar-refractivity contribution in [3.05, 3.63) is 27.3 Å². The predicted molar refractivity (Wildman–Crippen MR) is 80.3 cm³/mol. The number of hydrogen-bond donors (Lipinski definition) is 1. The average molecular weight is 346 g/mol. The van der Waals surface area contributed by atoms with Crippen molar-refractivity contribution in [2.45, 2.75) is 19.8 Å². The van der Waals surface area contributed by atoms with Gasteiger partial charge in [-0.25, -0.2) is 0 Å². The van der Waals surface area contributed by atoms with Gasteiger partial charge >= 0.3 is 0 Å². The summed E-state index contributed by atoms with van der Waals surface area (Å²) < 4.78 is 1.26. The molecule has 4 heteroatoms. The van der Waals surface area contributed by atoms with Gasteiger partial charge in [-0.2, -0.15) is 0 Å². The van der Waals surface area contributed by atoms with Crippen molar-refractivity contribution < 1.29 is 4.79 Å². The van der Waals surface area contributed by atoms with E-state index in [1.807, 2.05) is 0 Å². The van der Waals surface area contributed by atoms with Crippen LogP contribution in [0.4, 0.5) is 5.69 Å². The van der Waals surface area contributed by atoms with Crippen LogP contribution in [0, 0.1) is 10.5 Å². The number of anilines is 1. The third kappa shape index (κ3) is 4.93. The largest absolute Gasteiger partial charge is 0.385 e. The second kappa shape index (κ2) is 6.83. The first kappa shape index (κ1) is 14.3. The summed E-state index contributed by atoms with van der Waals surface area (Å²) in [7, 11) is 3.58. The summed E-state index contributed by atoms with van der Waals surface area (Å²) in [6.45, 7) is 2.93. The Balaban J connectivity index is 2.31. The number of nitrogens with zero attached hydrogens (tertiary/aromatic N) is 1. The molecule has 94 valence electrons. The Hall–Kier alpha value is -0.780. The SMILES string of the molecule is Cc1ccc(NCCCC(=O)N(C)C)cc1I. The molecule has 3 nitrogen and oxygen atoms in total. The van der Waals surface area contributed by atoms with E-state index < -0.39 is 0 Å². The second-order valence-electron chi connectivity index (χ2n) is 4.28. The van der Waals surface area contributed by atoms with Crippen LogP contribution in [0.1, 0.15) is 18.4 Å². The van der Waals surface area contributed by atoms with Crippen molar-refractivity contribution in [1.29, 1.82) is 0 Å². The van der Waals surface area contributed by atoms with Gasteiger partial charge in [-0.05, 0) is 53.6 Å². The van der Waals surface area contributed by atoms with E-state index in [-0.39, 0.29) is 5.91 Å². The lowest BCUT2D eigenvalue weighted by atomic mass is 10.2. The number of nitrogens with one attached hydrogen (secondary N) is 1. The molecule has 0 aromatic heterocycles. The quantitative estimate of drug-likeness (QED) is 0.657. The highest BCUT2D eigenvalue weighted by atomic mass is 127. The number of aryl methyl sites for hydroxylation is 1. The summed E-state index contributed by atoms with van der Waals surface area (Å²) in [5, 5.41) is 3.33. The number of halogens is 1. The molecule has 1 N–H and O–H groups in total. The lowest BCUT2D eigenvalue weighted by Crippen LogP contribution is -2.22. The summed E-state index contributed by atoms with van der Waals surface area (Å²) in [6, 6.07) is 6.31. The monoisotopic (exact) mass is 346 g/mol. The normalized spacial score (nSPS) is 10.1. The molecule has 0 saturated carbocycles. The van der Waals surface area contributed by atoms with Crippen LogP contribution in [0.3, 0.4) is 0 Å². The summed E-state index contributed by atoms with van der Waals surface area (Å²) in [4.78, 5) is 13.0. The molecule has 0 bridgehead atoms. The molecule has 1 aromatic rings. The molecule has 0 atom stereocenters. The molecule has 0 unspecified atom stereocenters. The summed E-state index contributed by atoms with van der Waals surface area (Å²) >= 11 is 2.33. The van der Waals surface area contributed by atoms with Gasteiger partial charge in [0.2, 0.25) is 5.91 Å². The minimum Gasteiger partial charge on any atom is -0.385 e. The Morgan fingerprint density at radius 2 is 2.12 bits per heavy atom. The Morgan fingerprint density at radius 3 is 2.71 bits per heavy atom. The van der Waals surface area contributed by atoms with Gasteiger partial charge in [-0.15, -0.1) is 0 Å². The maximum atomic E-state index is 11.3. The molecule has 0 aliphatic rings. The van der Waals surface area contributed by atoms with E-state index >= 15 is 0 Å². The Bertz CT molecular complexity index is 391. The fourth-order valence-electron chi connectivity index (χ4n) is 1.40.